The quantitative estimate of drug-likeness (QED) is 0.801. The molecule has 0 fully saturated rings. The van der Waals surface area contributed by atoms with Crippen LogP contribution in [0.2, 0.25) is 5.02 Å². The van der Waals surface area contributed by atoms with Gasteiger partial charge >= 0.3 is 0 Å². The van der Waals surface area contributed by atoms with Gasteiger partial charge in [-0.05, 0) is 11.8 Å². The number of carbonyl (C=O) groups is 1. The number of nitrogens with two attached hydrogens (primary N) is 2. The molecule has 1 aromatic heterocycles. The van der Waals surface area contributed by atoms with Crippen molar-refractivity contribution in [1.29, 1.82) is 0 Å². The number of amides is 1. The molecule has 0 aliphatic rings. The highest BCUT2D eigenvalue weighted by molar-refractivity contribution is 8.13. The van der Waals surface area contributed by atoms with Crippen molar-refractivity contribution in [2.45, 2.75) is 11.4 Å². The summed E-state index contributed by atoms with van der Waals surface area (Å²) in [6, 6.07) is 0. The maximum absolute atomic E-state index is 10.5. The highest BCUT2D eigenvalue weighted by atomic mass is 35.5. The molecule has 7 heteroatoms. The number of halogens is 2. The lowest BCUT2D eigenvalue weighted by Gasteiger charge is -1.93. The number of thiophene rings is 1. The van der Waals surface area contributed by atoms with Gasteiger partial charge in [-0.15, -0.1) is 23.7 Å². The number of hydrogen-bond donors (Lipinski definition) is 2. The Morgan fingerprint density at radius 3 is 2.69 bits per heavy atom. The van der Waals surface area contributed by atoms with Gasteiger partial charge in [0, 0.05) is 21.7 Å². The number of rotatable bonds is 2. The third-order valence-corrected chi connectivity index (χ3v) is 3.72. The Balaban J connectivity index is 0.00000144. The molecule has 74 valence electrons. The molecule has 3 nitrogen and oxygen atoms in total. The first-order valence-electron chi connectivity index (χ1n) is 3.08. The van der Waals surface area contributed by atoms with E-state index in [4.69, 9.17) is 23.1 Å². The lowest BCUT2D eigenvalue weighted by molar-refractivity contribution is 0.267. The van der Waals surface area contributed by atoms with Crippen molar-refractivity contribution in [3.8, 4) is 0 Å². The molecule has 1 rings (SSSR count). The van der Waals surface area contributed by atoms with Crippen molar-refractivity contribution in [3.63, 3.8) is 0 Å². The average molecular weight is 259 g/mol. The zero-order valence-electron chi connectivity index (χ0n) is 6.45. The van der Waals surface area contributed by atoms with Crippen LogP contribution in [0.5, 0.6) is 0 Å². The highest BCUT2D eigenvalue weighted by Crippen LogP contribution is 2.34. The van der Waals surface area contributed by atoms with Crippen molar-refractivity contribution >= 4 is 52.3 Å². The summed E-state index contributed by atoms with van der Waals surface area (Å²) in [7, 11) is 0. The summed E-state index contributed by atoms with van der Waals surface area (Å²) >= 11 is 8.23. The Morgan fingerprint density at radius 2 is 2.31 bits per heavy atom. The molecular weight excluding hydrogens is 251 g/mol. The highest BCUT2D eigenvalue weighted by Gasteiger charge is 2.10. The molecule has 13 heavy (non-hydrogen) atoms. The first kappa shape index (κ1) is 13.1. The molecule has 1 aromatic rings. The zero-order valence-corrected chi connectivity index (χ0v) is 9.66. The Hall–Kier alpha value is 0.0600. The Labute approximate surface area is 95.2 Å². The topological polar surface area (TPSA) is 69.1 Å². The van der Waals surface area contributed by atoms with Crippen molar-refractivity contribution < 1.29 is 4.79 Å². The molecule has 0 aliphatic carbocycles. The molecule has 0 bridgehead atoms. The standard InChI is InChI=1S/C6H7ClN2OS2.ClH/c7-5-3(1-8)11-2-4(5)12-6(9)10;/h2H,1,8H2,(H2,9,10);1H. The van der Waals surface area contributed by atoms with E-state index in [0.29, 0.717) is 16.5 Å². The van der Waals surface area contributed by atoms with Gasteiger partial charge in [0.1, 0.15) is 0 Å². The molecule has 0 radical (unpaired) electrons. The number of primary amides is 1. The van der Waals surface area contributed by atoms with Gasteiger partial charge in [-0.3, -0.25) is 4.79 Å². The number of carbonyl (C=O) groups excluding carboxylic acids is 1. The molecule has 0 saturated heterocycles. The van der Waals surface area contributed by atoms with Gasteiger partial charge in [0.25, 0.3) is 5.24 Å². The second kappa shape index (κ2) is 5.72. The predicted octanol–water partition coefficient (Wildman–Crippen LogP) is 2.45. The van der Waals surface area contributed by atoms with Crippen LogP contribution in [0.15, 0.2) is 10.3 Å². The minimum atomic E-state index is -0.460. The van der Waals surface area contributed by atoms with Gasteiger partial charge in [-0.25, -0.2) is 0 Å². The summed E-state index contributed by atoms with van der Waals surface area (Å²) in [5.74, 6) is 0. The second-order valence-electron chi connectivity index (χ2n) is 1.96. The molecule has 0 aromatic carbocycles. The van der Waals surface area contributed by atoms with E-state index in [1.165, 1.54) is 11.3 Å². The van der Waals surface area contributed by atoms with Crippen LogP contribution in [0.4, 0.5) is 4.79 Å². The summed E-state index contributed by atoms with van der Waals surface area (Å²) in [6.45, 7) is 0.392. The van der Waals surface area contributed by atoms with E-state index in [1.807, 2.05) is 0 Å². The van der Waals surface area contributed by atoms with Gasteiger partial charge in [0.15, 0.2) is 0 Å². The first-order chi connectivity index (χ1) is 5.65. The minimum absolute atomic E-state index is 0. The molecule has 0 spiro atoms. The lowest BCUT2D eigenvalue weighted by atomic mass is 10.5. The van der Waals surface area contributed by atoms with Crippen LogP contribution in [-0.2, 0) is 6.54 Å². The molecule has 0 saturated carbocycles. The Bertz CT molecular complexity index is 303. The predicted molar refractivity (Wildman–Crippen MR) is 59.9 cm³/mol. The average Bonchev–Trinajstić information content (AvgIpc) is 2.32. The SMILES string of the molecule is Cl.NCc1scc(SC(N)=O)c1Cl. The van der Waals surface area contributed by atoms with E-state index < -0.39 is 5.24 Å². The lowest BCUT2D eigenvalue weighted by Crippen LogP contribution is -2.01. The van der Waals surface area contributed by atoms with E-state index in [9.17, 15) is 4.79 Å². The van der Waals surface area contributed by atoms with Crippen molar-refractivity contribution in [2.75, 3.05) is 0 Å². The van der Waals surface area contributed by atoms with Gasteiger partial charge < -0.3 is 11.5 Å². The molecule has 0 atom stereocenters. The molecule has 4 N–H and O–H groups in total. The Morgan fingerprint density at radius 1 is 1.69 bits per heavy atom. The normalized spacial score (nSPS) is 9.38. The minimum Gasteiger partial charge on any atom is -0.360 e. The number of hydrogen-bond acceptors (Lipinski definition) is 4. The van der Waals surface area contributed by atoms with Crippen LogP contribution in [0.1, 0.15) is 4.88 Å². The van der Waals surface area contributed by atoms with Crippen LogP contribution < -0.4 is 11.5 Å². The summed E-state index contributed by atoms with van der Waals surface area (Å²) in [5, 5.41) is 1.87. The fourth-order valence-electron chi connectivity index (χ4n) is 0.680. The van der Waals surface area contributed by atoms with Gasteiger partial charge in [-0.1, -0.05) is 11.6 Å². The summed E-state index contributed by atoms with van der Waals surface area (Å²) in [6.07, 6.45) is 0. The zero-order chi connectivity index (χ0) is 9.14. The van der Waals surface area contributed by atoms with Crippen LogP contribution in [0.25, 0.3) is 0 Å². The summed E-state index contributed by atoms with van der Waals surface area (Å²) in [4.78, 5) is 12.1. The number of thioether (sulfide) groups is 1. The third kappa shape index (κ3) is 3.36. The molecular formula is C6H8Cl2N2OS2. The molecule has 1 heterocycles. The fraction of sp³-hybridized carbons (Fsp3) is 0.167. The van der Waals surface area contributed by atoms with Crippen molar-refractivity contribution in [3.05, 3.63) is 15.3 Å². The largest absolute Gasteiger partial charge is 0.360 e. The maximum atomic E-state index is 10.5. The smallest absolute Gasteiger partial charge is 0.281 e. The van der Waals surface area contributed by atoms with E-state index in [0.717, 1.165) is 16.6 Å². The third-order valence-electron chi connectivity index (χ3n) is 1.17. The molecule has 0 aliphatic heterocycles. The van der Waals surface area contributed by atoms with Crippen LogP contribution in [0.3, 0.4) is 0 Å². The van der Waals surface area contributed by atoms with Gasteiger partial charge in [0.05, 0.1) is 5.02 Å². The maximum Gasteiger partial charge on any atom is 0.281 e. The van der Waals surface area contributed by atoms with Crippen LogP contribution >= 0.6 is 47.1 Å². The van der Waals surface area contributed by atoms with Crippen LogP contribution in [0, 0.1) is 0 Å². The molecule has 0 unspecified atom stereocenters. The molecule has 1 amide bonds. The van der Waals surface area contributed by atoms with E-state index >= 15 is 0 Å². The van der Waals surface area contributed by atoms with Crippen molar-refractivity contribution in [1.82, 2.24) is 0 Å². The van der Waals surface area contributed by atoms with Crippen molar-refractivity contribution in [2.24, 2.45) is 11.5 Å². The van der Waals surface area contributed by atoms with E-state index in [1.54, 1.807) is 5.38 Å². The van der Waals surface area contributed by atoms with Gasteiger partial charge in [0.2, 0.25) is 0 Å². The summed E-state index contributed by atoms with van der Waals surface area (Å²) in [5.41, 5.74) is 10.4. The van der Waals surface area contributed by atoms with E-state index in [2.05, 4.69) is 0 Å². The fourth-order valence-corrected chi connectivity index (χ4v) is 2.63. The van der Waals surface area contributed by atoms with Gasteiger partial charge in [-0.2, -0.15) is 0 Å². The second-order valence-corrected chi connectivity index (χ2v) is 4.35. The first-order valence-corrected chi connectivity index (χ1v) is 5.15. The monoisotopic (exact) mass is 258 g/mol. The Kier molecular flexibility index (Phi) is 5.75. The summed E-state index contributed by atoms with van der Waals surface area (Å²) < 4.78 is 0. The van der Waals surface area contributed by atoms with Crippen LogP contribution in [-0.4, -0.2) is 5.24 Å². The van der Waals surface area contributed by atoms with E-state index in [-0.39, 0.29) is 12.4 Å².